The molecule has 1 fully saturated rings. The maximum atomic E-state index is 12.8. The number of nitrogens with one attached hydrogen (secondary N) is 1. The number of fused-ring (bicyclic) bond motifs is 1. The van der Waals surface area contributed by atoms with Crippen LogP contribution in [0.3, 0.4) is 0 Å². The van der Waals surface area contributed by atoms with Gasteiger partial charge in [0.2, 0.25) is 0 Å². The van der Waals surface area contributed by atoms with E-state index in [-0.39, 0.29) is 5.91 Å². The number of rotatable bonds is 3. The van der Waals surface area contributed by atoms with Crippen molar-refractivity contribution >= 4 is 40.0 Å². The molecule has 6 heteroatoms. The van der Waals surface area contributed by atoms with Crippen LogP contribution in [0.2, 0.25) is 10.0 Å². The maximum Gasteiger partial charge on any atom is 0.255 e. The first-order valence-corrected chi connectivity index (χ1v) is 9.72. The molecule has 1 aromatic heterocycles. The molecular weight excluding hydrogens is 383 g/mol. The minimum atomic E-state index is -0.0541. The van der Waals surface area contributed by atoms with Gasteiger partial charge in [-0.25, -0.2) is 0 Å². The molecular formula is C21H20Cl2N2O2. The van der Waals surface area contributed by atoms with Crippen molar-refractivity contribution in [2.24, 2.45) is 0 Å². The Hall–Kier alpha value is -2.17. The average Bonchev–Trinajstić information content (AvgIpc) is 3.12. The summed E-state index contributed by atoms with van der Waals surface area (Å²) in [5.41, 5.74) is 2.87. The van der Waals surface area contributed by atoms with Crippen molar-refractivity contribution in [2.45, 2.75) is 18.8 Å². The number of methoxy groups -OCH3 is 1. The highest BCUT2D eigenvalue weighted by atomic mass is 35.5. The topological polar surface area (TPSA) is 45.3 Å². The Bertz CT molecular complexity index is 991. The van der Waals surface area contributed by atoms with Crippen LogP contribution >= 0.6 is 23.2 Å². The number of piperidine rings is 1. The molecule has 1 N–H and O–H groups in total. The highest BCUT2D eigenvalue weighted by Gasteiger charge is 2.27. The van der Waals surface area contributed by atoms with Gasteiger partial charge in [0, 0.05) is 35.2 Å². The van der Waals surface area contributed by atoms with Gasteiger partial charge in [0.25, 0.3) is 5.91 Å². The normalized spacial score (nSPS) is 15.3. The van der Waals surface area contributed by atoms with E-state index in [1.54, 1.807) is 25.3 Å². The summed E-state index contributed by atoms with van der Waals surface area (Å²) in [4.78, 5) is 18.0. The monoisotopic (exact) mass is 402 g/mol. The number of carbonyl (C=O) groups is 1. The van der Waals surface area contributed by atoms with Crippen LogP contribution in [0, 0.1) is 0 Å². The third-order valence-corrected chi connectivity index (χ3v) is 5.87. The highest BCUT2D eigenvalue weighted by Crippen LogP contribution is 2.35. The summed E-state index contributed by atoms with van der Waals surface area (Å²) in [6.45, 7) is 1.39. The number of aromatic nitrogens is 1. The number of aromatic amines is 1. The van der Waals surface area contributed by atoms with Gasteiger partial charge in [-0.15, -0.1) is 0 Å². The van der Waals surface area contributed by atoms with E-state index in [9.17, 15) is 4.79 Å². The molecule has 0 atom stereocenters. The summed E-state index contributed by atoms with van der Waals surface area (Å²) in [6, 6.07) is 11.1. The van der Waals surface area contributed by atoms with E-state index < -0.39 is 0 Å². The smallest absolute Gasteiger partial charge is 0.255 e. The molecule has 0 unspecified atom stereocenters. The van der Waals surface area contributed by atoms with Crippen molar-refractivity contribution < 1.29 is 9.53 Å². The Kier molecular flexibility index (Phi) is 5.02. The maximum absolute atomic E-state index is 12.8. The fourth-order valence-corrected chi connectivity index (χ4v) is 4.18. The highest BCUT2D eigenvalue weighted by molar-refractivity contribution is 6.35. The first-order valence-electron chi connectivity index (χ1n) is 8.96. The molecule has 3 aromatic rings. The number of nitrogens with zero attached hydrogens (tertiary/aromatic N) is 1. The summed E-state index contributed by atoms with van der Waals surface area (Å²) in [5.74, 6) is 1.21. The van der Waals surface area contributed by atoms with Crippen molar-refractivity contribution in [1.82, 2.24) is 9.88 Å². The zero-order chi connectivity index (χ0) is 19.0. The predicted molar refractivity (Wildman–Crippen MR) is 109 cm³/mol. The number of benzene rings is 2. The fraction of sp³-hybridized carbons (Fsp3) is 0.286. The van der Waals surface area contributed by atoms with Gasteiger partial charge in [-0.1, -0.05) is 23.2 Å². The number of amides is 1. The number of hydrogen-bond acceptors (Lipinski definition) is 2. The summed E-state index contributed by atoms with van der Waals surface area (Å²) in [7, 11) is 1.68. The van der Waals surface area contributed by atoms with Crippen LogP contribution in [0.4, 0.5) is 0 Å². The quantitative estimate of drug-likeness (QED) is 0.628. The second kappa shape index (κ2) is 7.45. The largest absolute Gasteiger partial charge is 0.497 e. The van der Waals surface area contributed by atoms with E-state index in [4.69, 9.17) is 27.9 Å². The van der Waals surface area contributed by atoms with Crippen molar-refractivity contribution in [3.05, 3.63) is 63.8 Å². The van der Waals surface area contributed by atoms with Crippen LogP contribution in [0.15, 0.2) is 42.6 Å². The molecule has 4 nitrogen and oxygen atoms in total. The van der Waals surface area contributed by atoms with Gasteiger partial charge in [0.15, 0.2) is 0 Å². The van der Waals surface area contributed by atoms with Crippen LogP contribution < -0.4 is 4.74 Å². The average molecular weight is 403 g/mol. The predicted octanol–water partition coefficient (Wildman–Crippen LogP) is 5.50. The molecule has 1 aliphatic rings. The van der Waals surface area contributed by atoms with E-state index in [2.05, 4.69) is 17.2 Å². The Morgan fingerprint density at radius 2 is 1.93 bits per heavy atom. The van der Waals surface area contributed by atoms with Gasteiger partial charge in [-0.05, 0) is 60.7 Å². The van der Waals surface area contributed by atoms with Crippen LogP contribution in [0.5, 0.6) is 5.75 Å². The van der Waals surface area contributed by atoms with Crippen molar-refractivity contribution in [3.8, 4) is 5.75 Å². The van der Waals surface area contributed by atoms with Gasteiger partial charge in [0.1, 0.15) is 5.75 Å². The van der Waals surface area contributed by atoms with Gasteiger partial charge in [-0.2, -0.15) is 0 Å². The molecule has 0 saturated carbocycles. The van der Waals surface area contributed by atoms with Crippen molar-refractivity contribution in [1.29, 1.82) is 0 Å². The van der Waals surface area contributed by atoms with Gasteiger partial charge >= 0.3 is 0 Å². The lowest BCUT2D eigenvalue weighted by Gasteiger charge is -2.32. The van der Waals surface area contributed by atoms with Crippen LogP contribution in [-0.2, 0) is 0 Å². The summed E-state index contributed by atoms with van der Waals surface area (Å²) in [6.07, 6.45) is 3.91. The SMILES string of the molecule is COc1ccc2[nH]cc(C3CCN(C(=O)c4cc(Cl)ccc4Cl)CC3)c2c1. The van der Waals surface area contributed by atoms with E-state index in [1.807, 2.05) is 17.0 Å². The standard InChI is InChI=1S/C21H20Cl2N2O2/c1-27-15-3-5-20-16(11-15)18(12-24-20)13-6-8-25(9-7-13)21(26)17-10-14(22)2-4-19(17)23/h2-5,10-13,24H,6-9H2,1H3. The second-order valence-electron chi connectivity index (χ2n) is 6.85. The Labute approximate surface area is 168 Å². The summed E-state index contributed by atoms with van der Waals surface area (Å²) < 4.78 is 5.36. The number of H-pyrrole nitrogens is 1. The van der Waals surface area contributed by atoms with Crippen LogP contribution in [0.25, 0.3) is 10.9 Å². The molecule has 4 rings (SSSR count). The van der Waals surface area contributed by atoms with Gasteiger partial charge in [-0.3, -0.25) is 4.79 Å². The number of likely N-dealkylation sites (tertiary alicyclic amines) is 1. The molecule has 2 heterocycles. The third kappa shape index (κ3) is 3.52. The van der Waals surface area contributed by atoms with E-state index in [1.165, 1.54) is 10.9 Å². The van der Waals surface area contributed by atoms with Gasteiger partial charge < -0.3 is 14.6 Å². The molecule has 2 aromatic carbocycles. The first kappa shape index (κ1) is 18.2. The Balaban J connectivity index is 1.51. The summed E-state index contributed by atoms with van der Waals surface area (Å²) in [5, 5.41) is 2.15. The van der Waals surface area contributed by atoms with E-state index >= 15 is 0 Å². The van der Waals surface area contributed by atoms with E-state index in [0.717, 1.165) is 24.1 Å². The molecule has 1 aliphatic heterocycles. The molecule has 27 heavy (non-hydrogen) atoms. The first-order chi connectivity index (χ1) is 13.1. The minimum Gasteiger partial charge on any atom is -0.497 e. The Morgan fingerprint density at radius 1 is 1.15 bits per heavy atom. The number of hydrogen-bond donors (Lipinski definition) is 1. The fourth-order valence-electron chi connectivity index (χ4n) is 3.81. The minimum absolute atomic E-state index is 0.0541. The molecule has 0 bridgehead atoms. The molecule has 0 spiro atoms. The van der Waals surface area contributed by atoms with E-state index in [0.29, 0.717) is 34.6 Å². The lowest BCUT2D eigenvalue weighted by atomic mass is 9.89. The number of halogens is 2. The van der Waals surface area contributed by atoms with Crippen molar-refractivity contribution in [3.63, 3.8) is 0 Å². The molecule has 1 amide bonds. The number of carbonyl (C=O) groups excluding carboxylic acids is 1. The molecule has 0 radical (unpaired) electrons. The van der Waals surface area contributed by atoms with Crippen molar-refractivity contribution in [2.75, 3.05) is 20.2 Å². The van der Waals surface area contributed by atoms with Crippen LogP contribution in [0.1, 0.15) is 34.7 Å². The third-order valence-electron chi connectivity index (χ3n) is 5.30. The van der Waals surface area contributed by atoms with Gasteiger partial charge in [0.05, 0.1) is 17.7 Å². The summed E-state index contributed by atoms with van der Waals surface area (Å²) >= 11 is 12.2. The molecule has 140 valence electrons. The zero-order valence-corrected chi connectivity index (χ0v) is 16.5. The molecule has 1 saturated heterocycles. The number of ether oxygens (including phenoxy) is 1. The Morgan fingerprint density at radius 3 is 2.67 bits per heavy atom. The lowest BCUT2D eigenvalue weighted by Crippen LogP contribution is -2.38. The second-order valence-corrected chi connectivity index (χ2v) is 7.69. The lowest BCUT2D eigenvalue weighted by molar-refractivity contribution is 0.0713. The van der Waals surface area contributed by atoms with Crippen LogP contribution in [-0.4, -0.2) is 36.0 Å². The zero-order valence-electron chi connectivity index (χ0n) is 15.0. The molecule has 0 aliphatic carbocycles.